The molecule has 2 rings (SSSR count). The predicted octanol–water partition coefficient (Wildman–Crippen LogP) is 1.16. The molecule has 0 saturated heterocycles. The standard InChI is InChI=1S/C10H12FN3/c11-9-3-2-8(7-14-9)6-10-12-4-1-5-13-10/h2-3,7H,1,4-6H2,(H,12,13). The van der Waals surface area contributed by atoms with Gasteiger partial charge in [-0.15, -0.1) is 0 Å². The Morgan fingerprint density at radius 2 is 2.36 bits per heavy atom. The average Bonchev–Trinajstić information content (AvgIpc) is 2.23. The molecule has 1 aromatic heterocycles. The Hall–Kier alpha value is -1.45. The van der Waals surface area contributed by atoms with Crippen LogP contribution in [0.4, 0.5) is 4.39 Å². The summed E-state index contributed by atoms with van der Waals surface area (Å²) in [4.78, 5) is 7.93. The average molecular weight is 193 g/mol. The summed E-state index contributed by atoms with van der Waals surface area (Å²) in [6.45, 7) is 1.87. The van der Waals surface area contributed by atoms with E-state index in [4.69, 9.17) is 0 Å². The van der Waals surface area contributed by atoms with E-state index in [0.717, 1.165) is 30.9 Å². The van der Waals surface area contributed by atoms with Crippen LogP contribution in [0.2, 0.25) is 0 Å². The lowest BCUT2D eigenvalue weighted by atomic mass is 10.2. The molecule has 14 heavy (non-hydrogen) atoms. The second-order valence-electron chi connectivity index (χ2n) is 3.27. The lowest BCUT2D eigenvalue weighted by Crippen LogP contribution is -2.30. The van der Waals surface area contributed by atoms with E-state index in [1.165, 1.54) is 6.07 Å². The van der Waals surface area contributed by atoms with Crippen molar-refractivity contribution in [3.05, 3.63) is 29.8 Å². The summed E-state index contributed by atoms with van der Waals surface area (Å²) < 4.78 is 12.5. The van der Waals surface area contributed by atoms with Crippen LogP contribution in [0, 0.1) is 5.95 Å². The van der Waals surface area contributed by atoms with Crippen molar-refractivity contribution in [2.24, 2.45) is 4.99 Å². The molecule has 0 unspecified atom stereocenters. The number of nitrogens with zero attached hydrogens (tertiary/aromatic N) is 2. The summed E-state index contributed by atoms with van der Waals surface area (Å²) in [6.07, 6.45) is 3.35. The zero-order valence-electron chi connectivity index (χ0n) is 7.83. The molecule has 0 fully saturated rings. The van der Waals surface area contributed by atoms with Gasteiger partial charge in [0.05, 0.1) is 0 Å². The van der Waals surface area contributed by atoms with Crippen molar-refractivity contribution >= 4 is 5.84 Å². The number of aromatic nitrogens is 1. The van der Waals surface area contributed by atoms with Crippen LogP contribution in [0.1, 0.15) is 12.0 Å². The monoisotopic (exact) mass is 193 g/mol. The largest absolute Gasteiger partial charge is 0.373 e. The van der Waals surface area contributed by atoms with E-state index in [-0.39, 0.29) is 0 Å². The Morgan fingerprint density at radius 1 is 1.43 bits per heavy atom. The molecular weight excluding hydrogens is 181 g/mol. The Labute approximate surface area is 82.1 Å². The molecule has 0 amide bonds. The van der Waals surface area contributed by atoms with Gasteiger partial charge >= 0.3 is 0 Å². The zero-order valence-corrected chi connectivity index (χ0v) is 7.83. The topological polar surface area (TPSA) is 37.3 Å². The highest BCUT2D eigenvalue weighted by Crippen LogP contribution is 2.02. The maximum Gasteiger partial charge on any atom is 0.212 e. The maximum atomic E-state index is 12.5. The third kappa shape index (κ3) is 2.28. The highest BCUT2D eigenvalue weighted by molar-refractivity contribution is 5.84. The van der Waals surface area contributed by atoms with Crippen molar-refractivity contribution in [3.8, 4) is 0 Å². The second-order valence-corrected chi connectivity index (χ2v) is 3.27. The van der Waals surface area contributed by atoms with Gasteiger partial charge in [0.1, 0.15) is 5.84 Å². The molecule has 0 spiro atoms. The Balaban J connectivity index is 2.03. The minimum Gasteiger partial charge on any atom is -0.373 e. The predicted molar refractivity (Wildman–Crippen MR) is 52.8 cm³/mol. The van der Waals surface area contributed by atoms with Crippen LogP contribution >= 0.6 is 0 Å². The molecular formula is C10H12FN3. The quantitative estimate of drug-likeness (QED) is 0.715. The van der Waals surface area contributed by atoms with Crippen LogP contribution in [-0.4, -0.2) is 23.9 Å². The van der Waals surface area contributed by atoms with Crippen LogP contribution in [0.5, 0.6) is 0 Å². The fraction of sp³-hybridized carbons (Fsp3) is 0.400. The van der Waals surface area contributed by atoms with Gasteiger partial charge in [-0.3, -0.25) is 4.99 Å². The molecule has 3 nitrogen and oxygen atoms in total. The van der Waals surface area contributed by atoms with Crippen molar-refractivity contribution < 1.29 is 4.39 Å². The smallest absolute Gasteiger partial charge is 0.212 e. The molecule has 2 heterocycles. The van der Waals surface area contributed by atoms with Crippen LogP contribution in [0.3, 0.4) is 0 Å². The first-order valence-electron chi connectivity index (χ1n) is 4.72. The number of rotatable bonds is 2. The maximum absolute atomic E-state index is 12.5. The molecule has 0 aliphatic carbocycles. The number of halogens is 1. The van der Waals surface area contributed by atoms with Gasteiger partial charge in [-0.1, -0.05) is 6.07 Å². The van der Waals surface area contributed by atoms with E-state index in [2.05, 4.69) is 15.3 Å². The van der Waals surface area contributed by atoms with Gasteiger partial charge in [-0.05, 0) is 18.1 Å². The molecule has 1 aliphatic rings. The Morgan fingerprint density at radius 3 is 3.00 bits per heavy atom. The summed E-state index contributed by atoms with van der Waals surface area (Å²) in [5, 5.41) is 3.21. The van der Waals surface area contributed by atoms with E-state index in [1.807, 2.05) is 0 Å². The number of pyridine rings is 1. The molecule has 4 heteroatoms. The van der Waals surface area contributed by atoms with Crippen molar-refractivity contribution in [3.63, 3.8) is 0 Å². The van der Waals surface area contributed by atoms with Gasteiger partial charge in [0, 0.05) is 25.7 Å². The molecule has 1 aliphatic heterocycles. The van der Waals surface area contributed by atoms with Crippen LogP contribution in [0.15, 0.2) is 23.3 Å². The molecule has 0 saturated carbocycles. The number of nitrogens with one attached hydrogen (secondary N) is 1. The number of hydrogen-bond donors (Lipinski definition) is 1. The van der Waals surface area contributed by atoms with Crippen LogP contribution < -0.4 is 5.32 Å². The first kappa shape index (κ1) is 9.12. The second kappa shape index (κ2) is 4.17. The highest BCUT2D eigenvalue weighted by Gasteiger charge is 2.05. The Kier molecular flexibility index (Phi) is 2.72. The van der Waals surface area contributed by atoms with Crippen LogP contribution in [0.25, 0.3) is 0 Å². The molecule has 0 bridgehead atoms. The number of amidine groups is 1. The van der Waals surface area contributed by atoms with Gasteiger partial charge in [-0.25, -0.2) is 4.98 Å². The summed E-state index contributed by atoms with van der Waals surface area (Å²) in [6, 6.07) is 3.11. The number of hydrogen-bond acceptors (Lipinski definition) is 3. The Bertz CT molecular complexity index is 332. The molecule has 0 aromatic carbocycles. The van der Waals surface area contributed by atoms with Crippen molar-refractivity contribution in [2.45, 2.75) is 12.8 Å². The first-order chi connectivity index (χ1) is 6.84. The normalized spacial score (nSPS) is 15.9. The molecule has 1 N–H and O–H groups in total. The fourth-order valence-electron chi connectivity index (χ4n) is 1.40. The van der Waals surface area contributed by atoms with E-state index in [1.54, 1.807) is 12.3 Å². The SMILES string of the molecule is Fc1ccc(CC2=NCCCN2)cn1. The summed E-state index contributed by atoms with van der Waals surface area (Å²) in [5.74, 6) is 0.539. The lowest BCUT2D eigenvalue weighted by molar-refractivity contribution is 0.582. The van der Waals surface area contributed by atoms with Gasteiger partial charge in [0.15, 0.2) is 0 Å². The van der Waals surface area contributed by atoms with E-state index in [9.17, 15) is 4.39 Å². The lowest BCUT2D eigenvalue weighted by Gasteiger charge is -2.14. The minimum atomic E-state index is -0.438. The minimum absolute atomic E-state index is 0.438. The van der Waals surface area contributed by atoms with Crippen LogP contribution in [-0.2, 0) is 6.42 Å². The number of aliphatic imine (C=N–C) groups is 1. The van der Waals surface area contributed by atoms with E-state index in [0.29, 0.717) is 6.42 Å². The third-order valence-electron chi connectivity index (χ3n) is 2.13. The summed E-state index contributed by atoms with van der Waals surface area (Å²) >= 11 is 0. The highest BCUT2D eigenvalue weighted by atomic mass is 19.1. The van der Waals surface area contributed by atoms with Crippen molar-refractivity contribution in [2.75, 3.05) is 13.1 Å². The van der Waals surface area contributed by atoms with Gasteiger partial charge < -0.3 is 5.32 Å². The van der Waals surface area contributed by atoms with Gasteiger partial charge in [0.25, 0.3) is 0 Å². The van der Waals surface area contributed by atoms with E-state index >= 15 is 0 Å². The fourth-order valence-corrected chi connectivity index (χ4v) is 1.40. The molecule has 1 aromatic rings. The molecule has 0 radical (unpaired) electrons. The van der Waals surface area contributed by atoms with Gasteiger partial charge in [0.2, 0.25) is 5.95 Å². The van der Waals surface area contributed by atoms with Crippen molar-refractivity contribution in [1.82, 2.24) is 10.3 Å². The summed E-state index contributed by atoms with van der Waals surface area (Å²) in [5.41, 5.74) is 0.986. The van der Waals surface area contributed by atoms with E-state index < -0.39 is 5.95 Å². The molecule has 0 atom stereocenters. The summed E-state index contributed by atoms with van der Waals surface area (Å²) in [7, 11) is 0. The molecule has 74 valence electrons. The van der Waals surface area contributed by atoms with Gasteiger partial charge in [-0.2, -0.15) is 4.39 Å². The van der Waals surface area contributed by atoms with Crippen molar-refractivity contribution in [1.29, 1.82) is 0 Å². The first-order valence-corrected chi connectivity index (χ1v) is 4.72. The zero-order chi connectivity index (χ0) is 9.80. The third-order valence-corrected chi connectivity index (χ3v) is 2.13.